The topological polar surface area (TPSA) is 67.4 Å². The van der Waals surface area contributed by atoms with Crippen LogP contribution in [-0.4, -0.2) is 31.0 Å². The third-order valence-electron chi connectivity index (χ3n) is 5.60. The smallest absolute Gasteiger partial charge is 0.242 e. The van der Waals surface area contributed by atoms with Crippen molar-refractivity contribution < 1.29 is 14.3 Å². The number of carbonyl (C=O) groups is 2. The third-order valence-corrected chi connectivity index (χ3v) is 5.60. The molecule has 30 heavy (non-hydrogen) atoms. The lowest BCUT2D eigenvalue weighted by atomic mass is 9.87. The fraction of sp³-hybridized carbons (Fsp3) is 0.440. The van der Waals surface area contributed by atoms with Crippen LogP contribution in [0.2, 0.25) is 0 Å². The van der Waals surface area contributed by atoms with Gasteiger partial charge in [-0.25, -0.2) is 0 Å². The highest BCUT2D eigenvalue weighted by molar-refractivity contribution is 5.87. The molecule has 1 saturated carbocycles. The predicted octanol–water partition coefficient (Wildman–Crippen LogP) is 4.32. The van der Waals surface area contributed by atoms with E-state index >= 15 is 0 Å². The van der Waals surface area contributed by atoms with Gasteiger partial charge in [0.05, 0.1) is 6.54 Å². The molecule has 2 aromatic carbocycles. The summed E-state index contributed by atoms with van der Waals surface area (Å²) in [7, 11) is 0. The van der Waals surface area contributed by atoms with E-state index in [0.29, 0.717) is 25.5 Å². The van der Waals surface area contributed by atoms with E-state index in [4.69, 9.17) is 4.74 Å². The van der Waals surface area contributed by atoms with Gasteiger partial charge in [0.1, 0.15) is 18.4 Å². The Morgan fingerprint density at radius 3 is 2.47 bits per heavy atom. The summed E-state index contributed by atoms with van der Waals surface area (Å²) < 4.78 is 5.90. The lowest BCUT2D eigenvalue weighted by molar-refractivity contribution is -0.129. The number of ether oxygens (including phenoxy) is 1. The van der Waals surface area contributed by atoms with Crippen molar-refractivity contribution in [2.75, 3.05) is 13.2 Å². The van der Waals surface area contributed by atoms with Crippen LogP contribution < -0.4 is 15.4 Å². The minimum Gasteiger partial charge on any atom is -0.491 e. The summed E-state index contributed by atoms with van der Waals surface area (Å²) in [6, 6.07) is 17.4. The highest BCUT2D eigenvalue weighted by Crippen LogP contribution is 2.29. The predicted molar refractivity (Wildman–Crippen MR) is 119 cm³/mol. The van der Waals surface area contributed by atoms with E-state index in [1.807, 2.05) is 54.6 Å². The average Bonchev–Trinajstić information content (AvgIpc) is 2.78. The maximum Gasteiger partial charge on any atom is 0.242 e. The van der Waals surface area contributed by atoms with Gasteiger partial charge < -0.3 is 15.4 Å². The quantitative estimate of drug-likeness (QED) is 0.607. The lowest BCUT2D eigenvalue weighted by Gasteiger charge is -2.22. The van der Waals surface area contributed by atoms with E-state index in [9.17, 15) is 9.59 Å². The van der Waals surface area contributed by atoms with Crippen LogP contribution in [-0.2, 0) is 9.59 Å². The van der Waals surface area contributed by atoms with Crippen molar-refractivity contribution in [3.05, 3.63) is 54.6 Å². The first-order chi connectivity index (χ1) is 14.6. The Balaban J connectivity index is 1.40. The average molecular weight is 409 g/mol. The van der Waals surface area contributed by atoms with Gasteiger partial charge in [-0.1, -0.05) is 67.8 Å². The highest BCUT2D eigenvalue weighted by atomic mass is 16.5. The Bertz CT molecular complexity index is 816. The number of benzene rings is 2. The summed E-state index contributed by atoms with van der Waals surface area (Å²) in [6.07, 6.45) is 6.46. The number of amides is 2. The monoisotopic (exact) mass is 408 g/mol. The molecule has 0 spiro atoms. The van der Waals surface area contributed by atoms with Crippen molar-refractivity contribution >= 4 is 11.8 Å². The minimum absolute atomic E-state index is 0.0300. The maximum absolute atomic E-state index is 12.3. The summed E-state index contributed by atoms with van der Waals surface area (Å²) >= 11 is 0. The first kappa shape index (κ1) is 21.9. The normalized spacial score (nSPS) is 15.2. The molecule has 1 atom stereocenters. The van der Waals surface area contributed by atoms with Crippen LogP contribution in [0.4, 0.5) is 0 Å². The van der Waals surface area contributed by atoms with E-state index < -0.39 is 6.04 Å². The Kier molecular flexibility index (Phi) is 8.30. The van der Waals surface area contributed by atoms with Gasteiger partial charge in [0.25, 0.3) is 0 Å². The zero-order chi connectivity index (χ0) is 21.2. The Hall–Kier alpha value is -2.82. The van der Waals surface area contributed by atoms with Crippen molar-refractivity contribution in [1.82, 2.24) is 10.6 Å². The Morgan fingerprint density at radius 2 is 1.70 bits per heavy atom. The minimum atomic E-state index is -0.544. The van der Waals surface area contributed by atoms with Gasteiger partial charge >= 0.3 is 0 Å². The van der Waals surface area contributed by atoms with Crippen LogP contribution in [0.15, 0.2) is 54.6 Å². The van der Waals surface area contributed by atoms with E-state index in [1.54, 1.807) is 6.92 Å². The SMILES string of the molecule is CC(NC(=O)CC1CCCCC1)C(=O)NCCOc1ccccc1-c1ccccc1. The molecule has 5 nitrogen and oxygen atoms in total. The van der Waals surface area contributed by atoms with Crippen LogP contribution in [0.1, 0.15) is 45.4 Å². The van der Waals surface area contributed by atoms with Crippen molar-refractivity contribution in [2.24, 2.45) is 5.92 Å². The number of hydrogen-bond donors (Lipinski definition) is 2. The molecular weight excluding hydrogens is 376 g/mol. The van der Waals surface area contributed by atoms with Crippen molar-refractivity contribution in [3.8, 4) is 16.9 Å². The Morgan fingerprint density at radius 1 is 1.00 bits per heavy atom. The number of para-hydroxylation sites is 1. The molecule has 1 aliphatic carbocycles. The zero-order valence-electron chi connectivity index (χ0n) is 17.7. The van der Waals surface area contributed by atoms with Crippen molar-refractivity contribution in [3.63, 3.8) is 0 Å². The standard InChI is InChI=1S/C25H32N2O3/c1-19(27-24(28)18-20-10-4-2-5-11-20)25(29)26-16-17-30-23-15-9-8-14-22(23)21-12-6-3-7-13-21/h3,6-9,12-15,19-20H,2,4-5,10-11,16-18H2,1H3,(H,26,29)(H,27,28). The molecule has 0 saturated heterocycles. The van der Waals surface area contributed by atoms with Crippen LogP contribution in [0.3, 0.4) is 0 Å². The van der Waals surface area contributed by atoms with Gasteiger partial charge in [0.15, 0.2) is 0 Å². The molecule has 1 aliphatic rings. The number of hydrogen-bond acceptors (Lipinski definition) is 3. The fourth-order valence-corrected chi connectivity index (χ4v) is 3.96. The molecule has 160 valence electrons. The van der Waals surface area contributed by atoms with Gasteiger partial charge in [-0.2, -0.15) is 0 Å². The van der Waals surface area contributed by atoms with Gasteiger partial charge in [0.2, 0.25) is 11.8 Å². The molecule has 3 rings (SSSR count). The second-order valence-corrected chi connectivity index (χ2v) is 8.00. The molecule has 0 radical (unpaired) electrons. The molecule has 0 bridgehead atoms. The molecule has 2 aromatic rings. The molecule has 1 fully saturated rings. The lowest BCUT2D eigenvalue weighted by Crippen LogP contribution is -2.46. The first-order valence-corrected chi connectivity index (χ1v) is 11.0. The van der Waals surface area contributed by atoms with Crippen molar-refractivity contribution in [1.29, 1.82) is 0 Å². The van der Waals surface area contributed by atoms with E-state index in [0.717, 1.165) is 29.7 Å². The molecular formula is C25H32N2O3. The molecule has 0 aromatic heterocycles. The zero-order valence-corrected chi connectivity index (χ0v) is 17.7. The van der Waals surface area contributed by atoms with E-state index in [-0.39, 0.29) is 11.8 Å². The van der Waals surface area contributed by atoms with Gasteiger partial charge in [-0.3, -0.25) is 9.59 Å². The first-order valence-electron chi connectivity index (χ1n) is 11.0. The van der Waals surface area contributed by atoms with Gasteiger partial charge in [-0.15, -0.1) is 0 Å². The molecule has 1 unspecified atom stereocenters. The van der Waals surface area contributed by atoms with Crippen LogP contribution in [0, 0.1) is 5.92 Å². The number of rotatable bonds is 9. The largest absolute Gasteiger partial charge is 0.491 e. The van der Waals surface area contributed by atoms with Crippen LogP contribution >= 0.6 is 0 Å². The van der Waals surface area contributed by atoms with Crippen LogP contribution in [0.5, 0.6) is 5.75 Å². The Labute approximate surface area is 179 Å². The number of nitrogens with one attached hydrogen (secondary N) is 2. The summed E-state index contributed by atoms with van der Waals surface area (Å²) in [4.78, 5) is 24.5. The second kappa shape index (κ2) is 11.4. The summed E-state index contributed by atoms with van der Waals surface area (Å²) in [6.45, 7) is 2.46. The van der Waals surface area contributed by atoms with Gasteiger partial charge in [-0.05, 0) is 37.3 Å². The summed E-state index contributed by atoms with van der Waals surface area (Å²) in [5.74, 6) is 1.03. The fourth-order valence-electron chi connectivity index (χ4n) is 3.96. The molecule has 5 heteroatoms. The van der Waals surface area contributed by atoms with E-state index in [1.165, 1.54) is 19.3 Å². The molecule has 2 amide bonds. The summed E-state index contributed by atoms with van der Waals surface area (Å²) in [5.41, 5.74) is 2.11. The molecule has 0 aliphatic heterocycles. The number of carbonyl (C=O) groups excluding carboxylic acids is 2. The van der Waals surface area contributed by atoms with Crippen molar-refractivity contribution in [2.45, 2.75) is 51.5 Å². The molecule has 0 heterocycles. The van der Waals surface area contributed by atoms with Crippen LogP contribution in [0.25, 0.3) is 11.1 Å². The third kappa shape index (κ3) is 6.61. The highest BCUT2D eigenvalue weighted by Gasteiger charge is 2.20. The van der Waals surface area contributed by atoms with Gasteiger partial charge in [0, 0.05) is 12.0 Å². The summed E-state index contributed by atoms with van der Waals surface area (Å²) in [5, 5.41) is 5.67. The molecule has 2 N–H and O–H groups in total. The van der Waals surface area contributed by atoms with E-state index in [2.05, 4.69) is 10.6 Å². The second-order valence-electron chi connectivity index (χ2n) is 8.00. The maximum atomic E-state index is 12.3.